The van der Waals surface area contributed by atoms with Crippen LogP contribution < -0.4 is 0 Å². The lowest BCUT2D eigenvalue weighted by atomic mass is 10.0. The lowest BCUT2D eigenvalue weighted by molar-refractivity contribution is 0.103. The summed E-state index contributed by atoms with van der Waals surface area (Å²) in [5, 5.41) is 0.817. The number of carbonyl (C=O) groups is 1. The first-order valence-corrected chi connectivity index (χ1v) is 5.76. The first-order chi connectivity index (χ1) is 8.08. The van der Waals surface area contributed by atoms with Crippen molar-refractivity contribution >= 4 is 29.0 Å². The standard InChI is InChI=1S/C13H9Cl2NO/c1-8-6-10(4-5-16-8)13(17)9-2-3-11(14)12(15)7-9/h2-7H,1H3. The molecule has 0 spiro atoms. The molecular formula is C13H9Cl2NO. The largest absolute Gasteiger partial charge is 0.289 e. The monoisotopic (exact) mass is 265 g/mol. The normalized spacial score (nSPS) is 10.3. The number of benzene rings is 1. The molecule has 0 aliphatic carbocycles. The molecule has 0 amide bonds. The molecule has 0 saturated carbocycles. The van der Waals surface area contributed by atoms with Crippen molar-refractivity contribution in [1.29, 1.82) is 0 Å². The maximum absolute atomic E-state index is 12.1. The minimum absolute atomic E-state index is 0.0888. The Hall–Kier alpha value is -1.38. The summed E-state index contributed by atoms with van der Waals surface area (Å²) in [5.74, 6) is -0.0888. The molecule has 0 N–H and O–H groups in total. The molecule has 0 aliphatic heterocycles. The minimum atomic E-state index is -0.0888. The molecule has 0 bridgehead atoms. The maximum Gasteiger partial charge on any atom is 0.193 e. The van der Waals surface area contributed by atoms with Crippen LogP contribution in [0, 0.1) is 6.92 Å². The van der Waals surface area contributed by atoms with E-state index in [0.29, 0.717) is 21.2 Å². The Labute approximate surface area is 109 Å². The number of pyridine rings is 1. The molecule has 17 heavy (non-hydrogen) atoms. The topological polar surface area (TPSA) is 30.0 Å². The molecule has 0 aliphatic rings. The van der Waals surface area contributed by atoms with E-state index in [1.54, 1.807) is 36.5 Å². The highest BCUT2D eigenvalue weighted by Crippen LogP contribution is 2.23. The molecule has 0 atom stereocenters. The fraction of sp³-hybridized carbons (Fsp3) is 0.0769. The van der Waals surface area contributed by atoms with Gasteiger partial charge in [0.25, 0.3) is 0 Å². The predicted octanol–water partition coefficient (Wildman–Crippen LogP) is 3.93. The molecule has 2 nitrogen and oxygen atoms in total. The van der Waals surface area contributed by atoms with Gasteiger partial charge in [-0.2, -0.15) is 0 Å². The van der Waals surface area contributed by atoms with Gasteiger partial charge in [-0.15, -0.1) is 0 Å². The Bertz CT molecular complexity index is 581. The Morgan fingerprint density at radius 1 is 1.06 bits per heavy atom. The fourth-order valence-corrected chi connectivity index (χ4v) is 1.79. The van der Waals surface area contributed by atoms with Crippen molar-refractivity contribution in [2.24, 2.45) is 0 Å². The number of nitrogens with zero attached hydrogens (tertiary/aromatic N) is 1. The van der Waals surface area contributed by atoms with E-state index < -0.39 is 0 Å². The van der Waals surface area contributed by atoms with Gasteiger partial charge in [0.2, 0.25) is 0 Å². The zero-order valence-electron chi connectivity index (χ0n) is 9.08. The van der Waals surface area contributed by atoms with Gasteiger partial charge in [-0.1, -0.05) is 23.2 Å². The minimum Gasteiger partial charge on any atom is -0.289 e. The molecule has 0 fully saturated rings. The summed E-state index contributed by atoms with van der Waals surface area (Å²) in [4.78, 5) is 16.2. The van der Waals surface area contributed by atoms with Crippen LogP contribution in [0.1, 0.15) is 21.6 Å². The summed E-state index contributed by atoms with van der Waals surface area (Å²) < 4.78 is 0. The highest BCUT2D eigenvalue weighted by Gasteiger charge is 2.10. The summed E-state index contributed by atoms with van der Waals surface area (Å²) in [6, 6.07) is 8.27. The molecule has 1 aromatic heterocycles. The molecule has 0 saturated heterocycles. The smallest absolute Gasteiger partial charge is 0.193 e. The second-order valence-corrected chi connectivity index (χ2v) is 4.46. The molecule has 2 aromatic rings. The number of hydrogen-bond donors (Lipinski definition) is 0. The van der Waals surface area contributed by atoms with Crippen LogP contribution in [0.15, 0.2) is 36.5 Å². The quantitative estimate of drug-likeness (QED) is 0.771. The van der Waals surface area contributed by atoms with Gasteiger partial charge in [0, 0.05) is 23.0 Å². The number of aryl methyl sites for hydroxylation is 1. The van der Waals surface area contributed by atoms with Gasteiger partial charge in [-0.3, -0.25) is 9.78 Å². The van der Waals surface area contributed by atoms with E-state index in [1.165, 1.54) is 0 Å². The Balaban J connectivity index is 2.40. The van der Waals surface area contributed by atoms with E-state index >= 15 is 0 Å². The summed E-state index contributed by atoms with van der Waals surface area (Å²) in [7, 11) is 0. The van der Waals surface area contributed by atoms with Gasteiger partial charge in [-0.25, -0.2) is 0 Å². The molecule has 2 rings (SSSR count). The van der Waals surface area contributed by atoms with Gasteiger partial charge in [0.15, 0.2) is 5.78 Å². The fourth-order valence-electron chi connectivity index (χ4n) is 1.49. The van der Waals surface area contributed by atoms with Crippen molar-refractivity contribution in [3.63, 3.8) is 0 Å². The van der Waals surface area contributed by atoms with Crippen molar-refractivity contribution in [2.75, 3.05) is 0 Å². The number of rotatable bonds is 2. The predicted molar refractivity (Wildman–Crippen MR) is 68.9 cm³/mol. The summed E-state index contributed by atoms with van der Waals surface area (Å²) in [6.07, 6.45) is 1.61. The molecular weight excluding hydrogens is 257 g/mol. The van der Waals surface area contributed by atoms with E-state index in [9.17, 15) is 4.79 Å². The molecule has 1 heterocycles. The van der Waals surface area contributed by atoms with E-state index in [2.05, 4.69) is 4.98 Å². The second-order valence-electron chi connectivity index (χ2n) is 3.64. The zero-order chi connectivity index (χ0) is 12.4. The first-order valence-electron chi connectivity index (χ1n) is 5.00. The zero-order valence-corrected chi connectivity index (χ0v) is 10.6. The highest BCUT2D eigenvalue weighted by atomic mass is 35.5. The van der Waals surface area contributed by atoms with E-state index in [0.717, 1.165) is 5.69 Å². The van der Waals surface area contributed by atoms with Gasteiger partial charge >= 0.3 is 0 Å². The van der Waals surface area contributed by atoms with Crippen LogP contribution in [0.4, 0.5) is 0 Å². The second kappa shape index (κ2) is 4.86. The van der Waals surface area contributed by atoms with Gasteiger partial charge in [-0.05, 0) is 37.3 Å². The molecule has 4 heteroatoms. The van der Waals surface area contributed by atoms with Crippen molar-refractivity contribution in [3.8, 4) is 0 Å². The SMILES string of the molecule is Cc1cc(C(=O)c2ccc(Cl)c(Cl)c2)ccn1. The number of hydrogen-bond acceptors (Lipinski definition) is 2. The summed E-state index contributed by atoms with van der Waals surface area (Å²) >= 11 is 11.7. The number of carbonyl (C=O) groups excluding carboxylic acids is 1. The summed E-state index contributed by atoms with van der Waals surface area (Å²) in [6.45, 7) is 1.84. The first kappa shape index (κ1) is 12.1. The molecule has 86 valence electrons. The molecule has 0 unspecified atom stereocenters. The van der Waals surface area contributed by atoms with Crippen LogP contribution >= 0.6 is 23.2 Å². The van der Waals surface area contributed by atoms with Crippen LogP contribution in [0.5, 0.6) is 0 Å². The highest BCUT2D eigenvalue weighted by molar-refractivity contribution is 6.42. The van der Waals surface area contributed by atoms with Gasteiger partial charge in [0.05, 0.1) is 10.0 Å². The van der Waals surface area contributed by atoms with E-state index in [-0.39, 0.29) is 5.78 Å². The van der Waals surface area contributed by atoms with Crippen LogP contribution in [0.25, 0.3) is 0 Å². The van der Waals surface area contributed by atoms with Crippen molar-refractivity contribution in [2.45, 2.75) is 6.92 Å². The van der Waals surface area contributed by atoms with E-state index in [4.69, 9.17) is 23.2 Å². The van der Waals surface area contributed by atoms with Crippen molar-refractivity contribution in [1.82, 2.24) is 4.98 Å². The van der Waals surface area contributed by atoms with Gasteiger partial charge in [0.1, 0.15) is 0 Å². The third-order valence-corrected chi connectivity index (χ3v) is 3.08. The molecule has 0 radical (unpaired) electrons. The third-order valence-electron chi connectivity index (χ3n) is 2.34. The lowest BCUT2D eigenvalue weighted by Crippen LogP contribution is -2.02. The number of aromatic nitrogens is 1. The van der Waals surface area contributed by atoms with E-state index in [1.807, 2.05) is 6.92 Å². The Morgan fingerprint density at radius 2 is 1.76 bits per heavy atom. The lowest BCUT2D eigenvalue weighted by Gasteiger charge is -2.03. The van der Waals surface area contributed by atoms with Gasteiger partial charge < -0.3 is 0 Å². The average Bonchev–Trinajstić information content (AvgIpc) is 2.32. The molecule has 1 aromatic carbocycles. The number of halogens is 2. The Morgan fingerprint density at radius 3 is 2.41 bits per heavy atom. The summed E-state index contributed by atoms with van der Waals surface area (Å²) in [5.41, 5.74) is 1.91. The Kier molecular flexibility index (Phi) is 3.46. The maximum atomic E-state index is 12.1. The third kappa shape index (κ3) is 2.65. The van der Waals surface area contributed by atoms with Crippen LogP contribution in [0.2, 0.25) is 10.0 Å². The average molecular weight is 266 g/mol. The van der Waals surface area contributed by atoms with Crippen molar-refractivity contribution in [3.05, 3.63) is 63.4 Å². The van der Waals surface area contributed by atoms with Crippen LogP contribution in [-0.2, 0) is 0 Å². The van der Waals surface area contributed by atoms with Crippen LogP contribution in [-0.4, -0.2) is 10.8 Å². The van der Waals surface area contributed by atoms with Crippen molar-refractivity contribution < 1.29 is 4.79 Å². The van der Waals surface area contributed by atoms with Crippen LogP contribution in [0.3, 0.4) is 0 Å². The number of ketones is 1.